The molecule has 0 aliphatic heterocycles. The molecule has 0 heterocycles. The summed E-state index contributed by atoms with van der Waals surface area (Å²) in [4.78, 5) is 0. The van der Waals surface area contributed by atoms with Crippen LogP contribution in [-0.4, -0.2) is 6.67 Å². The van der Waals surface area contributed by atoms with Crippen LogP contribution in [0.25, 0.3) is 0 Å². The standard InChI is InChI=1S/C25H34ClF3/c26-25-23(28)16-22(17-24(25)29)21-13-11-20(12-14-21)10-9-19-7-5-18(6-8-19)4-2-1-3-15-27/h2,4,16-21H,1,3,5-15H2. The molecule has 2 aliphatic rings. The van der Waals surface area contributed by atoms with Crippen molar-refractivity contribution in [2.45, 2.75) is 83.0 Å². The first-order valence-corrected chi connectivity index (χ1v) is 11.8. The van der Waals surface area contributed by atoms with Gasteiger partial charge in [-0.1, -0.05) is 36.6 Å². The predicted octanol–water partition coefficient (Wildman–Crippen LogP) is 8.78. The Hall–Kier alpha value is -0.960. The Balaban J connectivity index is 1.35. The van der Waals surface area contributed by atoms with Crippen LogP contribution in [-0.2, 0) is 0 Å². The summed E-state index contributed by atoms with van der Waals surface area (Å²) in [5, 5.41) is -0.396. The molecule has 0 atom stereocenters. The molecule has 0 spiro atoms. The second-order valence-corrected chi connectivity index (χ2v) is 9.51. The molecule has 0 amide bonds. The van der Waals surface area contributed by atoms with Crippen LogP contribution >= 0.6 is 11.6 Å². The van der Waals surface area contributed by atoms with Gasteiger partial charge < -0.3 is 0 Å². The third-order valence-corrected chi connectivity index (χ3v) is 7.47. The van der Waals surface area contributed by atoms with E-state index in [1.165, 1.54) is 50.7 Å². The molecule has 4 heteroatoms. The molecule has 2 fully saturated rings. The summed E-state index contributed by atoms with van der Waals surface area (Å²) >= 11 is 5.61. The van der Waals surface area contributed by atoms with Crippen molar-refractivity contribution >= 4 is 11.6 Å². The Kier molecular flexibility index (Phi) is 8.96. The highest BCUT2D eigenvalue weighted by Crippen LogP contribution is 2.40. The van der Waals surface area contributed by atoms with Crippen molar-refractivity contribution in [1.82, 2.24) is 0 Å². The number of unbranched alkanes of at least 4 members (excludes halogenated alkanes) is 1. The van der Waals surface area contributed by atoms with Crippen molar-refractivity contribution in [1.29, 1.82) is 0 Å². The summed E-state index contributed by atoms with van der Waals surface area (Å²) < 4.78 is 39.6. The van der Waals surface area contributed by atoms with Gasteiger partial charge in [-0.25, -0.2) is 8.78 Å². The zero-order valence-electron chi connectivity index (χ0n) is 17.3. The Morgan fingerprint density at radius 2 is 1.41 bits per heavy atom. The fourth-order valence-corrected chi connectivity index (χ4v) is 5.33. The third kappa shape index (κ3) is 6.77. The van der Waals surface area contributed by atoms with Gasteiger partial charge >= 0.3 is 0 Å². The van der Waals surface area contributed by atoms with E-state index in [-0.39, 0.29) is 12.6 Å². The van der Waals surface area contributed by atoms with Crippen LogP contribution in [0.1, 0.15) is 88.5 Å². The second-order valence-electron chi connectivity index (χ2n) is 9.13. The zero-order valence-corrected chi connectivity index (χ0v) is 18.1. The quantitative estimate of drug-likeness (QED) is 0.221. The van der Waals surface area contributed by atoms with Crippen LogP contribution in [0.3, 0.4) is 0 Å². The van der Waals surface area contributed by atoms with Gasteiger partial charge in [0.2, 0.25) is 0 Å². The second kappa shape index (κ2) is 11.4. The number of alkyl halides is 1. The molecule has 29 heavy (non-hydrogen) atoms. The van der Waals surface area contributed by atoms with Gasteiger partial charge in [0.15, 0.2) is 0 Å². The number of hydrogen-bond acceptors (Lipinski definition) is 0. The average Bonchev–Trinajstić information content (AvgIpc) is 2.74. The van der Waals surface area contributed by atoms with E-state index in [1.54, 1.807) is 0 Å². The van der Waals surface area contributed by atoms with Gasteiger partial charge in [0.25, 0.3) is 0 Å². The molecule has 3 rings (SSSR count). The normalized spacial score (nSPS) is 28.1. The molecule has 1 aromatic rings. The van der Waals surface area contributed by atoms with Crippen LogP contribution < -0.4 is 0 Å². The van der Waals surface area contributed by atoms with Crippen LogP contribution in [0, 0.1) is 29.4 Å². The molecular weight excluding hydrogens is 393 g/mol. The molecular formula is C25H34ClF3. The molecule has 0 N–H and O–H groups in total. The van der Waals surface area contributed by atoms with Crippen molar-refractivity contribution < 1.29 is 13.2 Å². The van der Waals surface area contributed by atoms with Crippen molar-refractivity contribution in [3.8, 4) is 0 Å². The smallest absolute Gasteiger partial charge is 0.145 e. The first kappa shape index (κ1) is 22.7. The molecule has 0 nitrogen and oxygen atoms in total. The molecule has 2 aliphatic carbocycles. The Labute approximate surface area is 178 Å². The summed E-state index contributed by atoms with van der Waals surface area (Å²) in [5.41, 5.74) is 0.765. The first-order chi connectivity index (χ1) is 14.1. The Morgan fingerprint density at radius 1 is 0.862 bits per heavy atom. The van der Waals surface area contributed by atoms with Crippen molar-refractivity contribution in [3.63, 3.8) is 0 Å². The van der Waals surface area contributed by atoms with Gasteiger partial charge in [0.1, 0.15) is 16.7 Å². The number of rotatable bonds is 8. The summed E-state index contributed by atoms with van der Waals surface area (Å²) in [6.45, 7) is -0.216. The molecule has 162 valence electrons. The van der Waals surface area contributed by atoms with Crippen LogP contribution in [0.15, 0.2) is 24.3 Å². The third-order valence-electron chi connectivity index (χ3n) is 7.11. The summed E-state index contributed by atoms with van der Waals surface area (Å²) in [7, 11) is 0. The first-order valence-electron chi connectivity index (χ1n) is 11.4. The van der Waals surface area contributed by atoms with Crippen molar-refractivity contribution in [3.05, 3.63) is 46.5 Å². The number of benzene rings is 1. The molecule has 0 saturated heterocycles. The van der Waals surface area contributed by atoms with E-state index in [0.717, 1.165) is 49.5 Å². The van der Waals surface area contributed by atoms with Gasteiger partial charge in [-0.2, -0.15) is 0 Å². The summed E-state index contributed by atoms with van der Waals surface area (Å²) in [6.07, 6.45) is 18.1. The van der Waals surface area contributed by atoms with Gasteiger partial charge in [-0.05, 0) is 106 Å². The number of hydrogen-bond donors (Lipinski definition) is 0. The van der Waals surface area contributed by atoms with Gasteiger partial charge in [0.05, 0.1) is 6.67 Å². The van der Waals surface area contributed by atoms with E-state index >= 15 is 0 Å². The van der Waals surface area contributed by atoms with E-state index < -0.39 is 16.7 Å². The highest BCUT2D eigenvalue weighted by atomic mass is 35.5. The van der Waals surface area contributed by atoms with E-state index in [4.69, 9.17) is 11.6 Å². The number of halogens is 4. The summed E-state index contributed by atoms with van der Waals surface area (Å²) in [6, 6.07) is 2.84. The van der Waals surface area contributed by atoms with Gasteiger partial charge in [-0.15, -0.1) is 0 Å². The average molecular weight is 427 g/mol. The molecule has 1 aromatic carbocycles. The fraction of sp³-hybridized carbons (Fsp3) is 0.680. The van der Waals surface area contributed by atoms with Gasteiger partial charge in [0, 0.05) is 0 Å². The topological polar surface area (TPSA) is 0 Å². The fourth-order valence-electron chi connectivity index (χ4n) is 5.22. The maximum absolute atomic E-state index is 13.7. The highest BCUT2D eigenvalue weighted by Gasteiger charge is 2.26. The molecule has 0 unspecified atom stereocenters. The minimum atomic E-state index is -0.642. The minimum absolute atomic E-state index is 0.216. The van der Waals surface area contributed by atoms with Gasteiger partial charge in [-0.3, -0.25) is 4.39 Å². The van der Waals surface area contributed by atoms with Crippen LogP contribution in [0.5, 0.6) is 0 Å². The Bertz CT molecular complexity index is 633. The summed E-state index contributed by atoms with van der Waals surface area (Å²) in [5.74, 6) is 1.27. The Morgan fingerprint density at radius 3 is 1.97 bits per heavy atom. The van der Waals surface area contributed by atoms with E-state index in [1.807, 2.05) is 0 Å². The maximum Gasteiger partial charge on any atom is 0.145 e. The molecule has 2 saturated carbocycles. The molecule has 0 bridgehead atoms. The van der Waals surface area contributed by atoms with Crippen molar-refractivity contribution in [2.75, 3.05) is 6.67 Å². The van der Waals surface area contributed by atoms with E-state index in [9.17, 15) is 13.2 Å². The number of allylic oxidation sites excluding steroid dienone is 2. The molecule has 0 aromatic heterocycles. The monoisotopic (exact) mass is 426 g/mol. The lowest BCUT2D eigenvalue weighted by atomic mass is 9.74. The predicted molar refractivity (Wildman–Crippen MR) is 115 cm³/mol. The largest absolute Gasteiger partial charge is 0.251 e. The van der Waals surface area contributed by atoms with Crippen LogP contribution in [0.4, 0.5) is 13.2 Å². The molecule has 0 radical (unpaired) electrons. The minimum Gasteiger partial charge on any atom is -0.251 e. The lowest BCUT2D eigenvalue weighted by Gasteiger charge is -2.31. The van der Waals surface area contributed by atoms with E-state index in [0.29, 0.717) is 12.3 Å². The highest BCUT2D eigenvalue weighted by molar-refractivity contribution is 6.30. The van der Waals surface area contributed by atoms with Crippen molar-refractivity contribution in [2.24, 2.45) is 17.8 Å². The zero-order chi connectivity index (χ0) is 20.6. The lowest BCUT2D eigenvalue weighted by molar-refractivity contribution is 0.246. The van der Waals surface area contributed by atoms with Crippen LogP contribution in [0.2, 0.25) is 5.02 Å². The SMILES string of the molecule is FCCCC=CC1CCC(CCC2CCC(c3cc(F)c(Cl)c(F)c3)CC2)CC1. The lowest BCUT2D eigenvalue weighted by Crippen LogP contribution is -2.17. The van der Waals surface area contributed by atoms with E-state index in [2.05, 4.69) is 12.2 Å². The maximum atomic E-state index is 13.7.